The molecule has 2 aromatic rings. The number of halogens is 1. The van der Waals surface area contributed by atoms with Crippen LogP contribution in [-0.2, 0) is 7.05 Å². The zero-order chi connectivity index (χ0) is 14.0. The number of amides is 1. The number of phenolic OH excluding ortho intramolecular Hbond substituents is 1. The highest BCUT2D eigenvalue weighted by molar-refractivity contribution is 5.96. The van der Waals surface area contributed by atoms with Crippen LogP contribution in [0.4, 0.5) is 4.39 Å². The lowest BCUT2D eigenvalue weighted by Gasteiger charge is -2.13. The molecule has 2 rings (SSSR count). The molecule has 1 aromatic heterocycles. The summed E-state index contributed by atoms with van der Waals surface area (Å²) in [6.07, 6.45) is 1.51. The van der Waals surface area contributed by atoms with E-state index in [2.05, 4.69) is 15.5 Å². The maximum atomic E-state index is 13.1. The van der Waals surface area contributed by atoms with E-state index in [-0.39, 0.29) is 11.3 Å². The first kappa shape index (κ1) is 13.0. The molecule has 19 heavy (non-hydrogen) atoms. The van der Waals surface area contributed by atoms with Crippen LogP contribution in [0, 0.1) is 5.82 Å². The maximum absolute atomic E-state index is 13.1. The minimum absolute atomic E-state index is 0.117. The van der Waals surface area contributed by atoms with Crippen molar-refractivity contribution >= 4 is 5.91 Å². The van der Waals surface area contributed by atoms with Crippen LogP contribution in [0.1, 0.15) is 29.1 Å². The summed E-state index contributed by atoms with van der Waals surface area (Å²) in [4.78, 5) is 11.9. The molecule has 0 aliphatic carbocycles. The van der Waals surface area contributed by atoms with Gasteiger partial charge in [0.1, 0.15) is 17.9 Å². The molecule has 7 heteroatoms. The summed E-state index contributed by atoms with van der Waals surface area (Å²) in [6.45, 7) is 1.72. The van der Waals surface area contributed by atoms with E-state index in [1.807, 2.05) is 0 Å². The van der Waals surface area contributed by atoms with Crippen molar-refractivity contribution in [2.75, 3.05) is 0 Å². The van der Waals surface area contributed by atoms with Gasteiger partial charge in [0, 0.05) is 7.05 Å². The van der Waals surface area contributed by atoms with Crippen LogP contribution in [0.5, 0.6) is 5.75 Å². The summed E-state index contributed by atoms with van der Waals surface area (Å²) in [6, 6.07) is 2.78. The molecule has 0 aliphatic heterocycles. The molecule has 0 saturated heterocycles. The number of nitrogens with one attached hydrogen (secondary N) is 1. The number of rotatable bonds is 3. The van der Waals surface area contributed by atoms with Gasteiger partial charge in [0.15, 0.2) is 5.82 Å². The van der Waals surface area contributed by atoms with Crippen molar-refractivity contribution in [1.82, 2.24) is 20.1 Å². The molecule has 0 spiro atoms. The second-order valence-corrected chi connectivity index (χ2v) is 4.16. The minimum atomic E-state index is -0.589. The van der Waals surface area contributed by atoms with Gasteiger partial charge in [-0.3, -0.25) is 4.79 Å². The van der Waals surface area contributed by atoms with Crippen molar-refractivity contribution in [3.63, 3.8) is 0 Å². The van der Waals surface area contributed by atoms with E-state index in [9.17, 15) is 14.3 Å². The standard InChI is InChI=1S/C12H13FN4O2/c1-7(11-16-14-6-17(11)2)15-12(19)9-5-8(13)3-4-10(9)18/h3-7,18H,1-2H3,(H,15,19). The number of phenols is 1. The molecule has 0 saturated carbocycles. The number of carbonyl (C=O) groups excluding carboxylic acids is 1. The van der Waals surface area contributed by atoms with Gasteiger partial charge in [0.25, 0.3) is 5.91 Å². The second-order valence-electron chi connectivity index (χ2n) is 4.16. The Morgan fingerprint density at radius 3 is 2.89 bits per heavy atom. The Bertz CT molecular complexity index is 612. The Balaban J connectivity index is 2.17. The number of aromatic nitrogens is 3. The Morgan fingerprint density at radius 1 is 1.53 bits per heavy atom. The molecule has 0 bridgehead atoms. The third kappa shape index (κ3) is 2.70. The highest BCUT2D eigenvalue weighted by Gasteiger charge is 2.18. The lowest BCUT2D eigenvalue weighted by molar-refractivity contribution is 0.0934. The van der Waals surface area contributed by atoms with Crippen LogP contribution >= 0.6 is 0 Å². The fraction of sp³-hybridized carbons (Fsp3) is 0.250. The largest absolute Gasteiger partial charge is 0.507 e. The van der Waals surface area contributed by atoms with Gasteiger partial charge in [-0.25, -0.2) is 4.39 Å². The van der Waals surface area contributed by atoms with Gasteiger partial charge in [-0.05, 0) is 25.1 Å². The zero-order valence-corrected chi connectivity index (χ0v) is 10.5. The summed E-state index contributed by atoms with van der Waals surface area (Å²) in [7, 11) is 1.75. The Kier molecular flexibility index (Phi) is 3.46. The predicted molar refractivity (Wildman–Crippen MR) is 64.9 cm³/mol. The molecule has 2 N–H and O–H groups in total. The average Bonchev–Trinajstić information content (AvgIpc) is 2.78. The smallest absolute Gasteiger partial charge is 0.255 e. The lowest BCUT2D eigenvalue weighted by atomic mass is 10.1. The van der Waals surface area contributed by atoms with Crippen molar-refractivity contribution in [2.24, 2.45) is 7.05 Å². The monoisotopic (exact) mass is 264 g/mol. The van der Waals surface area contributed by atoms with Crippen LogP contribution in [0.2, 0.25) is 0 Å². The molecular formula is C12H13FN4O2. The fourth-order valence-corrected chi connectivity index (χ4v) is 1.71. The molecule has 1 aromatic carbocycles. The zero-order valence-electron chi connectivity index (χ0n) is 10.5. The van der Waals surface area contributed by atoms with Crippen molar-refractivity contribution in [3.05, 3.63) is 41.7 Å². The number of hydrogen-bond donors (Lipinski definition) is 2. The average molecular weight is 264 g/mol. The highest BCUT2D eigenvalue weighted by atomic mass is 19.1. The number of nitrogens with zero attached hydrogens (tertiary/aromatic N) is 3. The van der Waals surface area contributed by atoms with Gasteiger partial charge in [-0.2, -0.15) is 0 Å². The first-order chi connectivity index (χ1) is 8.99. The maximum Gasteiger partial charge on any atom is 0.255 e. The van der Waals surface area contributed by atoms with Gasteiger partial charge in [-0.1, -0.05) is 0 Å². The number of benzene rings is 1. The first-order valence-electron chi connectivity index (χ1n) is 5.62. The Labute approximate surface area is 108 Å². The van der Waals surface area contributed by atoms with Gasteiger partial charge in [0.2, 0.25) is 0 Å². The summed E-state index contributed by atoms with van der Waals surface area (Å²) in [5.74, 6) is -0.880. The summed E-state index contributed by atoms with van der Waals surface area (Å²) in [5, 5.41) is 19.7. The third-order valence-corrected chi connectivity index (χ3v) is 2.68. The molecule has 0 radical (unpaired) electrons. The van der Waals surface area contributed by atoms with Crippen LogP contribution in [-0.4, -0.2) is 25.8 Å². The van der Waals surface area contributed by atoms with E-state index < -0.39 is 17.8 Å². The predicted octanol–water partition coefficient (Wildman–Crippen LogP) is 1.15. The van der Waals surface area contributed by atoms with E-state index in [1.165, 1.54) is 6.33 Å². The third-order valence-electron chi connectivity index (χ3n) is 2.68. The minimum Gasteiger partial charge on any atom is -0.507 e. The molecule has 100 valence electrons. The SMILES string of the molecule is CC(NC(=O)c1cc(F)ccc1O)c1nncn1C. The molecule has 1 atom stereocenters. The lowest BCUT2D eigenvalue weighted by Crippen LogP contribution is -2.28. The molecule has 0 aliphatic rings. The highest BCUT2D eigenvalue weighted by Crippen LogP contribution is 2.19. The topological polar surface area (TPSA) is 80.0 Å². The van der Waals surface area contributed by atoms with Gasteiger partial charge in [0.05, 0.1) is 11.6 Å². The molecular weight excluding hydrogens is 251 g/mol. The summed E-state index contributed by atoms with van der Waals surface area (Å²) < 4.78 is 14.7. The van der Waals surface area contributed by atoms with E-state index in [4.69, 9.17) is 0 Å². The number of hydrogen-bond acceptors (Lipinski definition) is 4. The van der Waals surface area contributed by atoms with Crippen LogP contribution in [0.3, 0.4) is 0 Å². The van der Waals surface area contributed by atoms with E-state index in [1.54, 1.807) is 18.5 Å². The van der Waals surface area contributed by atoms with Crippen LogP contribution < -0.4 is 5.32 Å². The first-order valence-corrected chi connectivity index (χ1v) is 5.62. The van der Waals surface area contributed by atoms with E-state index in [0.717, 1.165) is 18.2 Å². The second kappa shape index (κ2) is 5.05. The van der Waals surface area contributed by atoms with Crippen molar-refractivity contribution < 1.29 is 14.3 Å². The molecule has 6 nitrogen and oxygen atoms in total. The van der Waals surface area contributed by atoms with E-state index >= 15 is 0 Å². The summed E-state index contributed by atoms with van der Waals surface area (Å²) in [5.41, 5.74) is -0.117. The van der Waals surface area contributed by atoms with Gasteiger partial charge >= 0.3 is 0 Å². The van der Waals surface area contributed by atoms with Crippen LogP contribution in [0.15, 0.2) is 24.5 Å². The summed E-state index contributed by atoms with van der Waals surface area (Å²) >= 11 is 0. The van der Waals surface area contributed by atoms with Crippen molar-refractivity contribution in [2.45, 2.75) is 13.0 Å². The van der Waals surface area contributed by atoms with Gasteiger partial charge in [-0.15, -0.1) is 10.2 Å². The normalized spacial score (nSPS) is 12.2. The Hall–Kier alpha value is -2.44. The van der Waals surface area contributed by atoms with Crippen LogP contribution in [0.25, 0.3) is 0 Å². The number of aromatic hydroxyl groups is 1. The number of aryl methyl sites for hydroxylation is 1. The van der Waals surface area contributed by atoms with Crippen molar-refractivity contribution in [3.8, 4) is 5.75 Å². The molecule has 1 heterocycles. The molecule has 1 amide bonds. The molecule has 0 fully saturated rings. The fourth-order valence-electron chi connectivity index (χ4n) is 1.71. The Morgan fingerprint density at radius 2 is 2.26 bits per heavy atom. The van der Waals surface area contributed by atoms with E-state index in [0.29, 0.717) is 5.82 Å². The molecule has 1 unspecified atom stereocenters. The van der Waals surface area contributed by atoms with Gasteiger partial charge < -0.3 is 15.0 Å². The number of carbonyl (C=O) groups is 1. The van der Waals surface area contributed by atoms with Crippen molar-refractivity contribution in [1.29, 1.82) is 0 Å². The quantitative estimate of drug-likeness (QED) is 0.871.